The number of thiocarbonyl (C=S) groups is 1. The molecule has 0 radical (unpaired) electrons. The number of quaternary nitrogens is 1. The minimum Gasteiger partial charge on any atom is -0.359 e. The van der Waals surface area contributed by atoms with Gasteiger partial charge in [-0.3, -0.25) is 0 Å². The number of nitrogens with one attached hydrogen (secondary N) is 2. The Balaban J connectivity index is 1.73. The molecule has 102 valence electrons. The molecule has 0 unspecified atom stereocenters. The molecular weight excluding hydrogens is 242 g/mol. The standard InChI is InChI=1S/C14H25N3S/c1-2-8-15-14(18)17-11-9-16(10-12-17)13-6-4-3-5-7-13/h2,13H,1,3-12H2,(H,15,18)/p+1. The van der Waals surface area contributed by atoms with Gasteiger partial charge in [-0.25, -0.2) is 0 Å². The average molecular weight is 268 g/mol. The second kappa shape index (κ2) is 7.10. The molecule has 3 nitrogen and oxygen atoms in total. The molecule has 2 fully saturated rings. The molecule has 2 aliphatic rings. The van der Waals surface area contributed by atoms with Crippen molar-refractivity contribution in [2.75, 3.05) is 32.7 Å². The Morgan fingerprint density at radius 2 is 1.94 bits per heavy atom. The van der Waals surface area contributed by atoms with E-state index in [4.69, 9.17) is 12.2 Å². The summed E-state index contributed by atoms with van der Waals surface area (Å²) in [5.74, 6) is 0. The molecule has 1 saturated carbocycles. The molecule has 0 atom stereocenters. The van der Waals surface area contributed by atoms with Crippen LogP contribution in [0.2, 0.25) is 0 Å². The van der Waals surface area contributed by atoms with E-state index in [9.17, 15) is 0 Å². The maximum Gasteiger partial charge on any atom is 0.169 e. The second-order valence-corrected chi connectivity index (χ2v) is 5.84. The van der Waals surface area contributed by atoms with Gasteiger partial charge in [0.05, 0.1) is 32.2 Å². The van der Waals surface area contributed by atoms with Gasteiger partial charge < -0.3 is 15.1 Å². The van der Waals surface area contributed by atoms with E-state index >= 15 is 0 Å². The molecule has 2 rings (SSSR count). The monoisotopic (exact) mass is 268 g/mol. The molecule has 2 N–H and O–H groups in total. The third-order valence-corrected chi connectivity index (χ3v) is 4.68. The number of hydrogen-bond acceptors (Lipinski definition) is 1. The van der Waals surface area contributed by atoms with Crippen molar-refractivity contribution in [3.05, 3.63) is 12.7 Å². The van der Waals surface area contributed by atoms with E-state index in [-0.39, 0.29) is 0 Å². The van der Waals surface area contributed by atoms with Gasteiger partial charge in [0.15, 0.2) is 5.11 Å². The first-order valence-electron chi connectivity index (χ1n) is 7.29. The predicted molar refractivity (Wildman–Crippen MR) is 79.9 cm³/mol. The summed E-state index contributed by atoms with van der Waals surface area (Å²) in [5.41, 5.74) is 0. The fourth-order valence-corrected chi connectivity index (χ4v) is 3.45. The Labute approximate surface area is 116 Å². The highest BCUT2D eigenvalue weighted by molar-refractivity contribution is 7.80. The van der Waals surface area contributed by atoms with Gasteiger partial charge in [0.25, 0.3) is 0 Å². The molecule has 1 aliphatic heterocycles. The summed E-state index contributed by atoms with van der Waals surface area (Å²) in [6, 6.07) is 0.926. The molecule has 0 aromatic carbocycles. The lowest BCUT2D eigenvalue weighted by Gasteiger charge is -2.38. The minimum atomic E-state index is 0.772. The highest BCUT2D eigenvalue weighted by Crippen LogP contribution is 2.15. The largest absolute Gasteiger partial charge is 0.359 e. The van der Waals surface area contributed by atoms with Crippen molar-refractivity contribution in [1.82, 2.24) is 10.2 Å². The van der Waals surface area contributed by atoms with Crippen LogP contribution in [0.5, 0.6) is 0 Å². The topological polar surface area (TPSA) is 19.7 Å². The normalized spacial score (nSPS) is 22.8. The fourth-order valence-electron chi connectivity index (χ4n) is 3.19. The van der Waals surface area contributed by atoms with Crippen molar-refractivity contribution in [1.29, 1.82) is 0 Å². The van der Waals surface area contributed by atoms with E-state index < -0.39 is 0 Å². The summed E-state index contributed by atoms with van der Waals surface area (Å²) in [6.07, 6.45) is 9.07. The first kappa shape index (κ1) is 13.8. The van der Waals surface area contributed by atoms with Crippen molar-refractivity contribution < 1.29 is 4.90 Å². The maximum atomic E-state index is 5.39. The minimum absolute atomic E-state index is 0.772. The first-order chi connectivity index (χ1) is 8.81. The van der Waals surface area contributed by atoms with E-state index in [1.54, 1.807) is 0 Å². The molecule has 0 spiro atoms. The number of rotatable bonds is 3. The lowest BCUT2D eigenvalue weighted by molar-refractivity contribution is -0.930. The zero-order valence-electron chi connectivity index (χ0n) is 11.3. The Hall–Kier alpha value is -0.610. The zero-order valence-corrected chi connectivity index (χ0v) is 12.1. The van der Waals surface area contributed by atoms with Gasteiger partial charge >= 0.3 is 0 Å². The van der Waals surface area contributed by atoms with Crippen molar-refractivity contribution in [3.63, 3.8) is 0 Å². The molecular formula is C14H26N3S+. The van der Waals surface area contributed by atoms with Gasteiger partial charge in [0.2, 0.25) is 0 Å². The highest BCUT2D eigenvalue weighted by atomic mass is 32.1. The SMILES string of the molecule is C=CCNC(=S)N1CC[NH+](C2CCCCC2)CC1. The smallest absolute Gasteiger partial charge is 0.169 e. The molecule has 18 heavy (non-hydrogen) atoms. The van der Waals surface area contributed by atoms with Gasteiger partial charge in [0.1, 0.15) is 0 Å². The van der Waals surface area contributed by atoms with Gasteiger partial charge in [-0.1, -0.05) is 12.5 Å². The quantitative estimate of drug-likeness (QED) is 0.577. The van der Waals surface area contributed by atoms with Crippen molar-refractivity contribution in [2.24, 2.45) is 0 Å². The molecule has 0 aromatic heterocycles. The first-order valence-corrected chi connectivity index (χ1v) is 7.70. The number of hydrogen-bond donors (Lipinski definition) is 2. The summed E-state index contributed by atoms with van der Waals surface area (Å²) in [7, 11) is 0. The fraction of sp³-hybridized carbons (Fsp3) is 0.786. The van der Waals surface area contributed by atoms with Crippen LogP contribution in [0.3, 0.4) is 0 Å². The summed E-state index contributed by atoms with van der Waals surface area (Å²) in [4.78, 5) is 4.13. The van der Waals surface area contributed by atoms with Crippen LogP contribution >= 0.6 is 12.2 Å². The molecule has 0 bridgehead atoms. The zero-order chi connectivity index (χ0) is 12.8. The van der Waals surface area contributed by atoms with Crippen LogP contribution in [0, 0.1) is 0 Å². The van der Waals surface area contributed by atoms with Crippen LogP contribution in [0.25, 0.3) is 0 Å². The van der Waals surface area contributed by atoms with E-state index in [0.29, 0.717) is 0 Å². The Morgan fingerprint density at radius 3 is 2.56 bits per heavy atom. The van der Waals surface area contributed by atoms with Crippen LogP contribution in [0.1, 0.15) is 32.1 Å². The average Bonchev–Trinajstić information content (AvgIpc) is 2.46. The van der Waals surface area contributed by atoms with Gasteiger partial charge in [-0.15, -0.1) is 6.58 Å². The van der Waals surface area contributed by atoms with Crippen molar-refractivity contribution in [2.45, 2.75) is 38.1 Å². The molecule has 1 aliphatic carbocycles. The van der Waals surface area contributed by atoms with E-state index in [1.807, 2.05) is 11.0 Å². The van der Waals surface area contributed by atoms with Gasteiger partial charge in [-0.2, -0.15) is 0 Å². The van der Waals surface area contributed by atoms with Crippen LogP contribution in [0.4, 0.5) is 0 Å². The summed E-state index contributed by atoms with van der Waals surface area (Å²) in [6.45, 7) is 9.19. The molecule has 1 saturated heterocycles. The van der Waals surface area contributed by atoms with Crippen LogP contribution < -0.4 is 10.2 Å². The number of nitrogens with zero attached hydrogens (tertiary/aromatic N) is 1. The van der Waals surface area contributed by atoms with Gasteiger partial charge in [0, 0.05) is 6.54 Å². The third kappa shape index (κ3) is 3.69. The predicted octanol–water partition coefficient (Wildman–Crippen LogP) is 0.580. The van der Waals surface area contributed by atoms with E-state index in [1.165, 1.54) is 45.2 Å². The molecule has 0 aromatic rings. The second-order valence-electron chi connectivity index (χ2n) is 5.45. The Bertz CT molecular complexity index is 279. The Morgan fingerprint density at radius 1 is 1.28 bits per heavy atom. The summed E-state index contributed by atoms with van der Waals surface area (Å²) in [5, 5.41) is 4.13. The molecule has 1 heterocycles. The van der Waals surface area contributed by atoms with Gasteiger partial charge in [-0.05, 0) is 37.9 Å². The summed E-state index contributed by atoms with van der Waals surface area (Å²) < 4.78 is 0. The van der Waals surface area contributed by atoms with Crippen molar-refractivity contribution >= 4 is 17.3 Å². The van der Waals surface area contributed by atoms with Crippen molar-refractivity contribution in [3.8, 4) is 0 Å². The van der Waals surface area contributed by atoms with E-state index in [0.717, 1.165) is 30.8 Å². The van der Waals surface area contributed by atoms with Crippen LogP contribution in [-0.4, -0.2) is 48.8 Å². The van der Waals surface area contributed by atoms with E-state index in [2.05, 4.69) is 16.8 Å². The molecule has 0 amide bonds. The lowest BCUT2D eigenvalue weighted by atomic mass is 9.94. The summed E-state index contributed by atoms with van der Waals surface area (Å²) >= 11 is 5.39. The van der Waals surface area contributed by atoms with Crippen LogP contribution in [-0.2, 0) is 0 Å². The molecule has 4 heteroatoms. The Kier molecular flexibility index (Phi) is 5.45. The maximum absolute atomic E-state index is 5.39. The highest BCUT2D eigenvalue weighted by Gasteiger charge is 2.28. The third-order valence-electron chi connectivity index (χ3n) is 4.27. The lowest BCUT2D eigenvalue weighted by Crippen LogP contribution is -3.18. The number of piperazine rings is 1. The van der Waals surface area contributed by atoms with Crippen LogP contribution in [0.15, 0.2) is 12.7 Å².